The highest BCUT2D eigenvalue weighted by atomic mass is 28.3. The van der Waals surface area contributed by atoms with Gasteiger partial charge in [-0.05, 0) is 79.3 Å². The van der Waals surface area contributed by atoms with Crippen molar-refractivity contribution >= 4 is 46.1 Å². The van der Waals surface area contributed by atoms with Gasteiger partial charge in [0.15, 0.2) is 0 Å². The molecule has 5 aromatic rings. The van der Waals surface area contributed by atoms with Gasteiger partial charge in [-0.1, -0.05) is 51.4 Å². The van der Waals surface area contributed by atoms with E-state index < -0.39 is 8.07 Å². The van der Waals surface area contributed by atoms with Crippen LogP contribution in [0.5, 0.6) is 0 Å². The van der Waals surface area contributed by atoms with Gasteiger partial charge in [0.25, 0.3) is 0 Å². The molecule has 2 aromatic heterocycles. The van der Waals surface area contributed by atoms with Crippen LogP contribution in [0.25, 0.3) is 44.1 Å². The number of nitrogens with zero attached hydrogens (tertiary/aromatic N) is 1. The van der Waals surface area contributed by atoms with Crippen LogP contribution in [-0.4, -0.2) is 8.07 Å². The Morgan fingerprint density at radius 2 is 1.61 bits per heavy atom. The standard InChI is InChI=1S/C34H39FNOSi/c1-20-16-26-25-13-14-28(35)22(3)33(25)37-34(26)32(21(20)2)30-19-31(38(5,6)7)27-18-24(12-15-29(27)36(30)4)17-23-10-8-9-11-23/h12-16,18-19,23H,8-11,17H2,1-7H3/q+1. The summed E-state index contributed by atoms with van der Waals surface area (Å²) in [6.45, 7) is 13.5. The number of halogens is 1. The van der Waals surface area contributed by atoms with Crippen LogP contribution in [-0.2, 0) is 13.5 Å². The van der Waals surface area contributed by atoms with E-state index in [1.165, 1.54) is 70.6 Å². The molecule has 1 fully saturated rings. The van der Waals surface area contributed by atoms with Gasteiger partial charge in [-0.3, -0.25) is 0 Å². The summed E-state index contributed by atoms with van der Waals surface area (Å²) in [7, 11) is 0.492. The van der Waals surface area contributed by atoms with Gasteiger partial charge in [-0.25, -0.2) is 4.39 Å². The van der Waals surface area contributed by atoms with Crippen LogP contribution < -0.4 is 9.75 Å². The van der Waals surface area contributed by atoms with Crippen LogP contribution in [0.1, 0.15) is 47.9 Å². The molecule has 0 radical (unpaired) electrons. The molecule has 0 aliphatic heterocycles. The molecule has 1 aliphatic carbocycles. The summed E-state index contributed by atoms with van der Waals surface area (Å²) in [5, 5.41) is 4.92. The van der Waals surface area contributed by atoms with Crippen LogP contribution in [0, 0.1) is 32.5 Å². The van der Waals surface area contributed by atoms with Crippen LogP contribution in [0.4, 0.5) is 4.39 Å². The average Bonchev–Trinajstić information content (AvgIpc) is 3.50. The number of rotatable bonds is 4. The van der Waals surface area contributed by atoms with Crippen molar-refractivity contribution in [1.82, 2.24) is 0 Å². The second kappa shape index (κ2) is 9.05. The Balaban J connectivity index is 1.65. The minimum Gasteiger partial charge on any atom is -0.455 e. The number of aromatic nitrogens is 1. The van der Waals surface area contributed by atoms with Crippen LogP contribution in [0.15, 0.2) is 46.9 Å². The molecule has 196 valence electrons. The molecular weight excluding hydrogens is 485 g/mol. The number of aryl methyl sites for hydroxylation is 3. The molecule has 0 unspecified atom stereocenters. The second-order valence-corrected chi connectivity index (χ2v) is 17.7. The van der Waals surface area contributed by atoms with Gasteiger partial charge in [-0.2, -0.15) is 4.57 Å². The number of pyridine rings is 1. The van der Waals surface area contributed by atoms with Gasteiger partial charge in [0.2, 0.25) is 11.2 Å². The fourth-order valence-corrected chi connectivity index (χ4v) is 8.27. The summed E-state index contributed by atoms with van der Waals surface area (Å²) in [6, 6.07) is 15.2. The van der Waals surface area contributed by atoms with E-state index in [0.29, 0.717) is 11.1 Å². The maximum atomic E-state index is 14.5. The highest BCUT2D eigenvalue weighted by molar-refractivity contribution is 6.90. The van der Waals surface area contributed by atoms with Crippen molar-refractivity contribution in [3.63, 3.8) is 0 Å². The summed E-state index contributed by atoms with van der Waals surface area (Å²) < 4.78 is 23.4. The first kappa shape index (κ1) is 25.3. The van der Waals surface area contributed by atoms with E-state index in [0.717, 1.165) is 27.8 Å². The summed E-state index contributed by atoms with van der Waals surface area (Å²) in [4.78, 5) is 0. The lowest BCUT2D eigenvalue weighted by Crippen LogP contribution is -2.43. The first-order valence-electron chi connectivity index (χ1n) is 14.1. The summed E-state index contributed by atoms with van der Waals surface area (Å²) in [5.74, 6) is 0.609. The fourth-order valence-electron chi connectivity index (χ4n) is 6.69. The van der Waals surface area contributed by atoms with Crippen molar-refractivity contribution in [2.24, 2.45) is 13.0 Å². The Labute approximate surface area is 226 Å². The number of furan rings is 1. The molecule has 1 aliphatic rings. The normalized spacial score (nSPS) is 14.9. The predicted molar refractivity (Wildman–Crippen MR) is 161 cm³/mol. The topological polar surface area (TPSA) is 17.0 Å². The zero-order valence-corrected chi connectivity index (χ0v) is 24.9. The number of fused-ring (bicyclic) bond motifs is 4. The molecule has 1 saturated carbocycles. The molecule has 2 heterocycles. The second-order valence-electron chi connectivity index (χ2n) is 12.7. The lowest BCUT2D eigenvalue weighted by Gasteiger charge is -2.21. The SMILES string of the molecule is Cc1cc2c(oc3c(C)c(F)ccc32)c(-c2cc([Si](C)(C)C)c3cc(CC4CCCC4)ccc3[n+]2C)c1C. The molecule has 0 atom stereocenters. The number of hydrogen-bond donors (Lipinski definition) is 0. The Bertz CT molecular complexity index is 1730. The number of benzene rings is 3. The Morgan fingerprint density at radius 1 is 0.868 bits per heavy atom. The molecule has 0 saturated heterocycles. The largest absolute Gasteiger partial charge is 0.455 e. The zero-order valence-electron chi connectivity index (χ0n) is 23.9. The van der Waals surface area contributed by atoms with Crippen molar-refractivity contribution in [1.29, 1.82) is 0 Å². The summed E-state index contributed by atoms with van der Waals surface area (Å²) >= 11 is 0. The molecule has 4 heteroatoms. The first-order chi connectivity index (χ1) is 18.0. The molecule has 0 spiro atoms. The van der Waals surface area contributed by atoms with Crippen molar-refractivity contribution in [2.45, 2.75) is 72.5 Å². The fraction of sp³-hybridized carbons (Fsp3) is 0.382. The summed E-state index contributed by atoms with van der Waals surface area (Å²) in [6.07, 6.45) is 6.70. The summed E-state index contributed by atoms with van der Waals surface area (Å²) in [5.41, 5.74) is 9.53. The van der Waals surface area contributed by atoms with Gasteiger partial charge < -0.3 is 4.42 Å². The highest BCUT2D eigenvalue weighted by Gasteiger charge is 2.30. The van der Waals surface area contributed by atoms with Gasteiger partial charge >= 0.3 is 0 Å². The van der Waals surface area contributed by atoms with E-state index in [1.807, 2.05) is 13.0 Å². The lowest BCUT2D eigenvalue weighted by molar-refractivity contribution is -0.633. The monoisotopic (exact) mass is 524 g/mol. The van der Waals surface area contributed by atoms with Gasteiger partial charge in [0, 0.05) is 33.9 Å². The Hall–Kier alpha value is -2.98. The predicted octanol–water partition coefficient (Wildman–Crippen LogP) is 8.57. The quantitative estimate of drug-likeness (QED) is 0.170. The van der Waals surface area contributed by atoms with Crippen LogP contribution in [0.2, 0.25) is 19.6 Å². The maximum Gasteiger partial charge on any atom is 0.216 e. The van der Waals surface area contributed by atoms with E-state index >= 15 is 0 Å². The third kappa shape index (κ3) is 4.00. The van der Waals surface area contributed by atoms with Crippen molar-refractivity contribution in [2.75, 3.05) is 0 Å². The van der Waals surface area contributed by atoms with E-state index in [2.05, 4.69) is 75.4 Å². The van der Waals surface area contributed by atoms with Crippen LogP contribution in [0.3, 0.4) is 0 Å². The number of hydrogen-bond acceptors (Lipinski definition) is 1. The average molecular weight is 525 g/mol. The first-order valence-corrected chi connectivity index (χ1v) is 17.6. The van der Waals surface area contributed by atoms with Gasteiger partial charge in [0.1, 0.15) is 24.0 Å². The van der Waals surface area contributed by atoms with E-state index in [-0.39, 0.29) is 5.82 Å². The minimum atomic E-state index is -1.69. The van der Waals surface area contributed by atoms with Crippen LogP contribution >= 0.6 is 0 Å². The molecule has 3 aromatic carbocycles. The molecule has 6 rings (SSSR count). The van der Waals surface area contributed by atoms with E-state index in [9.17, 15) is 4.39 Å². The third-order valence-corrected chi connectivity index (χ3v) is 11.1. The Kier molecular flexibility index (Phi) is 6.03. The van der Waals surface area contributed by atoms with Gasteiger partial charge in [0.05, 0.1) is 13.6 Å². The van der Waals surface area contributed by atoms with Crippen molar-refractivity contribution in [3.8, 4) is 11.3 Å². The molecule has 0 amide bonds. The molecule has 0 bridgehead atoms. The lowest BCUT2D eigenvalue weighted by atomic mass is 9.94. The smallest absolute Gasteiger partial charge is 0.216 e. The van der Waals surface area contributed by atoms with Gasteiger partial charge in [-0.15, -0.1) is 0 Å². The van der Waals surface area contributed by atoms with E-state index in [4.69, 9.17) is 4.42 Å². The molecule has 0 N–H and O–H groups in total. The van der Waals surface area contributed by atoms with E-state index in [1.54, 1.807) is 6.07 Å². The maximum absolute atomic E-state index is 14.5. The zero-order chi connectivity index (χ0) is 26.9. The minimum absolute atomic E-state index is 0.225. The molecule has 38 heavy (non-hydrogen) atoms. The Morgan fingerprint density at radius 3 is 2.32 bits per heavy atom. The molecule has 2 nitrogen and oxygen atoms in total. The third-order valence-electron chi connectivity index (χ3n) is 9.05. The van der Waals surface area contributed by atoms with Crippen molar-refractivity contribution < 1.29 is 13.4 Å². The highest BCUT2D eigenvalue weighted by Crippen LogP contribution is 2.40. The van der Waals surface area contributed by atoms with Crippen molar-refractivity contribution in [3.05, 3.63) is 70.5 Å². The molecular formula is C34H39FNOSi+.